The summed E-state index contributed by atoms with van der Waals surface area (Å²) in [5.74, 6) is -1.84. The standard InChI is InChI=1S/C14H15N5O5S2.Na/c1-5-3-25-12-8(11(21)19(12)9(5)13(22)23)17-10(20)7(18-24-2)6-4-26-14(15)16-6;/h4,8,12H,3H2,1-2H3,(H2,15,16)(H,17,20)(H,22,23);/b18-7-;/t8-,12-;/m1./s1. The fourth-order valence-electron chi connectivity index (χ4n) is 2.68. The predicted molar refractivity (Wildman–Crippen MR) is 101 cm³/mol. The van der Waals surface area contributed by atoms with Crippen LogP contribution in [0.4, 0.5) is 5.13 Å². The number of β-lactam (4-membered cyclic amide) rings is 1. The van der Waals surface area contributed by atoms with E-state index in [9.17, 15) is 19.5 Å². The molecule has 0 spiro atoms. The van der Waals surface area contributed by atoms with Crippen molar-refractivity contribution in [1.29, 1.82) is 0 Å². The van der Waals surface area contributed by atoms with Gasteiger partial charge in [0, 0.05) is 40.7 Å². The van der Waals surface area contributed by atoms with Crippen molar-refractivity contribution in [3.8, 4) is 0 Å². The van der Waals surface area contributed by atoms with Crippen LogP contribution < -0.4 is 11.1 Å². The minimum atomic E-state index is -1.16. The number of nitrogens with two attached hydrogens (primary N) is 1. The summed E-state index contributed by atoms with van der Waals surface area (Å²) in [6.45, 7) is 1.67. The number of oxime groups is 1. The third kappa shape index (κ3) is 3.99. The molecule has 139 valence electrons. The van der Waals surface area contributed by atoms with E-state index in [0.29, 0.717) is 11.3 Å². The van der Waals surface area contributed by atoms with Gasteiger partial charge in [-0.05, 0) is 12.5 Å². The predicted octanol–water partition coefficient (Wildman–Crippen LogP) is -0.546. The van der Waals surface area contributed by atoms with Crippen molar-refractivity contribution in [2.24, 2.45) is 5.16 Å². The van der Waals surface area contributed by atoms with Gasteiger partial charge in [-0.3, -0.25) is 14.5 Å². The van der Waals surface area contributed by atoms with Crippen molar-refractivity contribution < 1.29 is 24.3 Å². The number of carbonyl (C=O) groups excluding carboxylic acids is 2. The Bertz CT molecular complexity index is 855. The van der Waals surface area contributed by atoms with Crippen LogP contribution in [-0.4, -0.2) is 92.3 Å². The van der Waals surface area contributed by atoms with Crippen molar-refractivity contribution >= 4 is 81.3 Å². The number of amides is 2. The largest absolute Gasteiger partial charge is 0.477 e. The number of carbonyl (C=O) groups is 3. The summed E-state index contributed by atoms with van der Waals surface area (Å²) in [5.41, 5.74) is 6.27. The van der Waals surface area contributed by atoms with Crippen LogP contribution in [0.15, 0.2) is 21.8 Å². The molecule has 2 aliphatic heterocycles. The van der Waals surface area contributed by atoms with Crippen LogP contribution in [-0.2, 0) is 19.2 Å². The van der Waals surface area contributed by atoms with Gasteiger partial charge in [-0.15, -0.1) is 23.1 Å². The molecule has 0 unspecified atom stereocenters. The quantitative estimate of drug-likeness (QED) is 0.249. The van der Waals surface area contributed by atoms with E-state index in [2.05, 4.69) is 20.3 Å². The number of fused-ring (bicyclic) bond motifs is 1. The third-order valence-electron chi connectivity index (χ3n) is 3.81. The number of nitrogens with zero attached hydrogens (tertiary/aromatic N) is 3. The van der Waals surface area contributed by atoms with Crippen LogP contribution in [0.2, 0.25) is 0 Å². The first-order valence-corrected chi connectivity index (χ1v) is 9.29. The maximum Gasteiger partial charge on any atom is 0.352 e. The maximum absolute atomic E-state index is 12.5. The monoisotopic (exact) mass is 420 g/mol. The molecule has 1 aromatic heterocycles. The topological polar surface area (TPSA) is 147 Å². The second kappa shape index (κ2) is 8.61. The smallest absolute Gasteiger partial charge is 0.352 e. The van der Waals surface area contributed by atoms with Gasteiger partial charge in [0.05, 0.1) is 0 Å². The molecule has 1 saturated heterocycles. The molecule has 4 N–H and O–H groups in total. The molecule has 1 aromatic rings. The minimum absolute atomic E-state index is 0. The molecule has 3 rings (SSSR count). The van der Waals surface area contributed by atoms with E-state index < -0.39 is 29.2 Å². The van der Waals surface area contributed by atoms with Gasteiger partial charge < -0.3 is 21.0 Å². The molecule has 13 heteroatoms. The Balaban J connectivity index is 0.00000261. The molecule has 0 saturated carbocycles. The van der Waals surface area contributed by atoms with Crippen molar-refractivity contribution in [1.82, 2.24) is 15.2 Å². The number of nitrogens with one attached hydrogen (secondary N) is 1. The second-order valence-electron chi connectivity index (χ2n) is 5.49. The van der Waals surface area contributed by atoms with E-state index >= 15 is 0 Å². The number of aromatic nitrogens is 1. The van der Waals surface area contributed by atoms with Crippen LogP contribution in [0.5, 0.6) is 0 Å². The molecular weight excluding hydrogens is 405 g/mol. The first-order chi connectivity index (χ1) is 12.3. The summed E-state index contributed by atoms with van der Waals surface area (Å²) >= 11 is 2.52. The minimum Gasteiger partial charge on any atom is -0.477 e. The maximum atomic E-state index is 12.5. The molecule has 2 aliphatic rings. The fraction of sp³-hybridized carbons (Fsp3) is 0.357. The van der Waals surface area contributed by atoms with Crippen molar-refractivity contribution in [2.45, 2.75) is 18.3 Å². The summed E-state index contributed by atoms with van der Waals surface area (Å²) < 4.78 is 0. The van der Waals surface area contributed by atoms with Crippen LogP contribution in [0, 0.1) is 0 Å². The number of aliphatic carboxylic acids is 1. The van der Waals surface area contributed by atoms with Crippen molar-refractivity contribution in [3.05, 3.63) is 22.3 Å². The van der Waals surface area contributed by atoms with E-state index in [0.717, 1.165) is 11.3 Å². The van der Waals surface area contributed by atoms with Gasteiger partial charge in [0.25, 0.3) is 11.8 Å². The van der Waals surface area contributed by atoms with Gasteiger partial charge in [-0.1, -0.05) is 5.16 Å². The van der Waals surface area contributed by atoms with Crippen molar-refractivity contribution in [3.63, 3.8) is 0 Å². The van der Waals surface area contributed by atoms with E-state index in [1.54, 1.807) is 12.3 Å². The molecule has 3 heterocycles. The van der Waals surface area contributed by atoms with Gasteiger partial charge in [0.1, 0.15) is 29.9 Å². The number of carboxylic acid groups (broad SMARTS) is 1. The van der Waals surface area contributed by atoms with Gasteiger partial charge in [-0.2, -0.15) is 0 Å². The summed E-state index contributed by atoms with van der Waals surface area (Å²) in [4.78, 5) is 46.2. The van der Waals surface area contributed by atoms with Crippen LogP contribution in [0.25, 0.3) is 0 Å². The van der Waals surface area contributed by atoms with Crippen LogP contribution in [0.1, 0.15) is 12.6 Å². The number of hydrogen-bond acceptors (Lipinski definition) is 9. The van der Waals surface area contributed by atoms with Gasteiger partial charge in [0.15, 0.2) is 10.8 Å². The molecule has 10 nitrogen and oxygen atoms in total. The van der Waals surface area contributed by atoms with E-state index in [1.165, 1.54) is 23.8 Å². The van der Waals surface area contributed by atoms with Gasteiger partial charge in [-0.25, -0.2) is 9.78 Å². The summed E-state index contributed by atoms with van der Waals surface area (Å²) in [6.07, 6.45) is 0. The molecule has 0 aromatic carbocycles. The summed E-state index contributed by atoms with van der Waals surface area (Å²) in [6, 6.07) is -0.854. The number of carboxylic acids is 1. The average Bonchev–Trinajstić information content (AvgIpc) is 3.02. The number of thioether (sulfide) groups is 1. The SMILES string of the molecule is CO/N=C(\C(=O)N[C@@H]1C(=O)N2C(C(=O)O)=C(C)CS[C@H]12)c1csc(N)n1.[Na]. The Hall–Kier alpha value is -1.60. The average molecular weight is 420 g/mol. The molecule has 0 bridgehead atoms. The first-order valence-electron chi connectivity index (χ1n) is 7.36. The number of thiazole rings is 1. The van der Waals surface area contributed by atoms with Crippen LogP contribution >= 0.6 is 23.1 Å². The van der Waals surface area contributed by atoms with Gasteiger partial charge >= 0.3 is 5.97 Å². The first kappa shape index (κ1) is 21.7. The molecule has 2 atom stereocenters. The zero-order valence-corrected chi connectivity index (χ0v) is 18.4. The number of anilines is 1. The molecule has 1 radical (unpaired) electrons. The Kier molecular flexibility index (Phi) is 6.92. The number of rotatable bonds is 5. The molecule has 27 heavy (non-hydrogen) atoms. The van der Waals surface area contributed by atoms with Crippen molar-refractivity contribution in [2.75, 3.05) is 18.6 Å². The Morgan fingerprint density at radius 2 is 2.22 bits per heavy atom. The molecule has 2 amide bonds. The normalized spacial score (nSPS) is 21.8. The van der Waals surface area contributed by atoms with Gasteiger partial charge in [0.2, 0.25) is 0 Å². The number of nitrogen functional groups attached to an aromatic ring is 1. The van der Waals surface area contributed by atoms with E-state index in [4.69, 9.17) is 5.73 Å². The van der Waals surface area contributed by atoms with Crippen LogP contribution in [0.3, 0.4) is 0 Å². The third-order valence-corrected chi connectivity index (χ3v) is 5.91. The Labute approximate surface area is 184 Å². The Morgan fingerprint density at radius 3 is 2.78 bits per heavy atom. The zero-order valence-electron chi connectivity index (χ0n) is 14.8. The second-order valence-corrected chi connectivity index (χ2v) is 7.48. The summed E-state index contributed by atoms with van der Waals surface area (Å²) in [7, 11) is 1.28. The molecule has 1 fully saturated rings. The number of hydrogen-bond donors (Lipinski definition) is 3. The molecular formula is C14H15N5NaO5S2. The fourth-order valence-corrected chi connectivity index (χ4v) is 4.52. The Morgan fingerprint density at radius 1 is 1.52 bits per heavy atom. The molecule has 0 aliphatic carbocycles. The van der Waals surface area contributed by atoms with E-state index in [1.807, 2.05) is 0 Å². The zero-order chi connectivity index (χ0) is 19.0. The van der Waals surface area contributed by atoms with E-state index in [-0.39, 0.29) is 51.8 Å². The summed E-state index contributed by atoms with van der Waals surface area (Å²) in [5, 5.41) is 16.9.